The molecule has 2 bridgehead atoms. The van der Waals surface area contributed by atoms with Crippen LogP contribution in [0.25, 0.3) is 11.1 Å². The van der Waals surface area contributed by atoms with Crippen LogP contribution in [0.2, 0.25) is 5.02 Å². The average molecular weight is 631 g/mol. The Bertz CT molecular complexity index is 1660. The fraction of sp³-hybridized carbons (Fsp3) is 0.382. The summed E-state index contributed by atoms with van der Waals surface area (Å²) in [7, 11) is 1.34. The number of piperidine rings is 1. The van der Waals surface area contributed by atoms with Crippen molar-refractivity contribution in [2.45, 2.75) is 62.9 Å². The van der Waals surface area contributed by atoms with Gasteiger partial charge < -0.3 is 19.7 Å². The van der Waals surface area contributed by atoms with Gasteiger partial charge in [0.05, 0.1) is 37.4 Å². The lowest BCUT2D eigenvalue weighted by Gasteiger charge is -2.45. The average Bonchev–Trinajstić information content (AvgIpc) is 3.03. The second-order valence-corrected chi connectivity index (χ2v) is 12.3. The fourth-order valence-corrected chi connectivity index (χ4v) is 6.80. The number of aromatic nitrogens is 1. The molecule has 10 nitrogen and oxygen atoms in total. The third-order valence-corrected chi connectivity index (χ3v) is 9.08. The molecule has 3 aromatic rings. The van der Waals surface area contributed by atoms with E-state index in [0.29, 0.717) is 66.3 Å². The maximum atomic E-state index is 14.4. The Kier molecular flexibility index (Phi) is 8.76. The molecule has 2 N–H and O–H groups in total. The number of likely N-dealkylation sites (tertiary alicyclic amines) is 1. The van der Waals surface area contributed by atoms with Gasteiger partial charge in [-0.15, -0.1) is 0 Å². The standard InChI is InChI=1S/C34H35ClN4O6/c1-44-31(41)17-21-8-10-24-22-12-14-36-28(18-22)25(6-3-2-4-7-30(40)37-29(24)16-21)32(42)39-15-5-13-34(20-39)26-19-23(35)9-11-27(26)38-33(43)45-34/h8-12,14,16,18-19,25H,2-7,13,15,17,20H2,1H3,(H,37,40)(H,38,43)/t25-,34+/m1/s1. The van der Waals surface area contributed by atoms with E-state index in [4.69, 9.17) is 21.1 Å². The smallest absolute Gasteiger partial charge is 0.412 e. The second kappa shape index (κ2) is 12.9. The van der Waals surface area contributed by atoms with Crippen LogP contribution in [0, 0.1) is 0 Å². The number of pyridine rings is 1. The van der Waals surface area contributed by atoms with Crippen LogP contribution in [-0.4, -0.2) is 54.0 Å². The van der Waals surface area contributed by atoms with Crippen molar-refractivity contribution in [3.8, 4) is 11.1 Å². The highest BCUT2D eigenvalue weighted by Gasteiger charge is 2.47. The highest BCUT2D eigenvalue weighted by atomic mass is 35.5. The van der Waals surface area contributed by atoms with Crippen molar-refractivity contribution in [3.63, 3.8) is 0 Å². The van der Waals surface area contributed by atoms with Crippen LogP contribution in [0.3, 0.4) is 0 Å². The molecule has 6 rings (SSSR count). The summed E-state index contributed by atoms with van der Waals surface area (Å²) >= 11 is 6.35. The van der Waals surface area contributed by atoms with Gasteiger partial charge in [0.1, 0.15) is 0 Å². The molecule has 11 heteroatoms. The van der Waals surface area contributed by atoms with E-state index in [-0.39, 0.29) is 30.7 Å². The molecule has 2 aromatic carbocycles. The number of rotatable bonds is 3. The van der Waals surface area contributed by atoms with Gasteiger partial charge in [0.2, 0.25) is 11.8 Å². The fourth-order valence-electron chi connectivity index (χ4n) is 6.63. The largest absolute Gasteiger partial charge is 0.469 e. The molecule has 3 aliphatic rings. The SMILES string of the molecule is COC(=O)Cc1ccc2c(c1)NC(=O)CCCCC[C@@H](C(=O)N1CCC[C@@]3(C1)OC(=O)Nc1ccc(Cl)cc13)c1cc-2ccn1. The van der Waals surface area contributed by atoms with Crippen LogP contribution < -0.4 is 10.6 Å². The minimum Gasteiger partial charge on any atom is -0.469 e. The maximum Gasteiger partial charge on any atom is 0.412 e. The Labute approximate surface area is 266 Å². The summed E-state index contributed by atoms with van der Waals surface area (Å²) in [6, 6.07) is 14.5. The van der Waals surface area contributed by atoms with Gasteiger partial charge in [0.15, 0.2) is 5.60 Å². The molecule has 0 unspecified atom stereocenters. The van der Waals surface area contributed by atoms with Gasteiger partial charge in [-0.1, -0.05) is 36.6 Å². The first kappa shape index (κ1) is 30.6. The molecule has 1 spiro atoms. The third-order valence-electron chi connectivity index (χ3n) is 8.84. The zero-order valence-electron chi connectivity index (χ0n) is 25.1. The van der Waals surface area contributed by atoms with Crippen molar-refractivity contribution in [1.29, 1.82) is 0 Å². The number of amides is 3. The summed E-state index contributed by atoms with van der Waals surface area (Å²) in [5.41, 5.74) is 3.90. The number of carbonyl (C=O) groups excluding carboxylic acids is 4. The Morgan fingerprint density at radius 1 is 1.04 bits per heavy atom. The number of anilines is 2. The molecule has 234 valence electrons. The zero-order chi connectivity index (χ0) is 31.6. The molecular formula is C34H35ClN4O6. The zero-order valence-corrected chi connectivity index (χ0v) is 25.8. The van der Waals surface area contributed by atoms with Crippen molar-refractivity contribution >= 4 is 46.9 Å². The quantitative estimate of drug-likeness (QED) is 0.331. The van der Waals surface area contributed by atoms with Crippen molar-refractivity contribution < 1.29 is 28.7 Å². The number of methoxy groups -OCH3 is 1. The number of esters is 1. The molecule has 0 aliphatic carbocycles. The second-order valence-electron chi connectivity index (χ2n) is 11.9. The van der Waals surface area contributed by atoms with Gasteiger partial charge in [-0.05, 0) is 73.2 Å². The number of hydrogen-bond donors (Lipinski definition) is 2. The van der Waals surface area contributed by atoms with Gasteiger partial charge in [-0.25, -0.2) is 4.79 Å². The minimum absolute atomic E-state index is 0.0744. The van der Waals surface area contributed by atoms with Gasteiger partial charge in [-0.3, -0.25) is 24.7 Å². The van der Waals surface area contributed by atoms with Crippen molar-refractivity contribution in [3.05, 3.63) is 76.6 Å². The van der Waals surface area contributed by atoms with Crippen molar-refractivity contribution in [2.24, 2.45) is 0 Å². The van der Waals surface area contributed by atoms with E-state index in [1.165, 1.54) is 7.11 Å². The van der Waals surface area contributed by atoms with E-state index >= 15 is 0 Å². The van der Waals surface area contributed by atoms with Gasteiger partial charge in [0.25, 0.3) is 0 Å². The van der Waals surface area contributed by atoms with Crippen LogP contribution in [-0.2, 0) is 35.9 Å². The summed E-state index contributed by atoms with van der Waals surface area (Å²) in [6.07, 6.45) is 5.52. The molecule has 0 radical (unpaired) electrons. The number of hydrogen-bond acceptors (Lipinski definition) is 7. The first-order chi connectivity index (χ1) is 21.7. The number of benzene rings is 2. The molecule has 1 fully saturated rings. The number of carbonyl (C=O) groups is 4. The summed E-state index contributed by atoms with van der Waals surface area (Å²) in [5, 5.41) is 6.31. The maximum absolute atomic E-state index is 14.4. The van der Waals surface area contributed by atoms with E-state index < -0.39 is 17.6 Å². The Balaban J connectivity index is 1.34. The Morgan fingerprint density at radius 3 is 2.76 bits per heavy atom. The number of nitrogens with one attached hydrogen (secondary N) is 2. The Morgan fingerprint density at radius 2 is 1.91 bits per heavy atom. The third kappa shape index (κ3) is 6.51. The molecule has 3 amide bonds. The molecule has 1 saturated heterocycles. The van der Waals surface area contributed by atoms with Crippen LogP contribution >= 0.6 is 11.6 Å². The van der Waals surface area contributed by atoms with Crippen LogP contribution in [0.15, 0.2) is 54.7 Å². The summed E-state index contributed by atoms with van der Waals surface area (Å²) in [5.74, 6) is -1.08. The molecular weight excluding hydrogens is 596 g/mol. The van der Waals surface area contributed by atoms with Gasteiger partial charge >= 0.3 is 12.1 Å². The Hall–Kier alpha value is -4.44. The lowest BCUT2D eigenvalue weighted by molar-refractivity contribution is -0.141. The van der Waals surface area contributed by atoms with Crippen LogP contribution in [0.4, 0.5) is 16.2 Å². The topological polar surface area (TPSA) is 127 Å². The lowest BCUT2D eigenvalue weighted by atomic mass is 9.82. The first-order valence-electron chi connectivity index (χ1n) is 15.3. The van der Waals surface area contributed by atoms with Crippen LogP contribution in [0.5, 0.6) is 0 Å². The highest BCUT2D eigenvalue weighted by Crippen LogP contribution is 2.44. The molecule has 4 heterocycles. The van der Waals surface area contributed by atoms with E-state index in [0.717, 1.165) is 29.5 Å². The first-order valence-corrected chi connectivity index (χ1v) is 15.7. The van der Waals surface area contributed by atoms with Gasteiger partial charge in [0, 0.05) is 41.0 Å². The predicted molar refractivity (Wildman–Crippen MR) is 169 cm³/mol. The summed E-state index contributed by atoms with van der Waals surface area (Å²) in [6.45, 7) is 0.745. The van der Waals surface area contributed by atoms with Crippen molar-refractivity contribution in [2.75, 3.05) is 30.8 Å². The van der Waals surface area contributed by atoms with E-state index in [9.17, 15) is 19.2 Å². The van der Waals surface area contributed by atoms with Gasteiger partial charge in [-0.2, -0.15) is 0 Å². The molecule has 2 atom stereocenters. The summed E-state index contributed by atoms with van der Waals surface area (Å²) < 4.78 is 10.8. The number of nitrogens with zero attached hydrogens (tertiary/aromatic N) is 2. The predicted octanol–water partition coefficient (Wildman–Crippen LogP) is 6.18. The lowest BCUT2D eigenvalue weighted by Crippen LogP contribution is -2.54. The molecule has 45 heavy (non-hydrogen) atoms. The number of ether oxygens (including phenoxy) is 2. The summed E-state index contributed by atoms with van der Waals surface area (Å²) in [4.78, 5) is 58.3. The van der Waals surface area contributed by atoms with E-state index in [2.05, 4.69) is 15.6 Å². The number of halogens is 1. The normalized spacial score (nSPS) is 21.5. The number of fused-ring (bicyclic) bond motifs is 6. The van der Waals surface area contributed by atoms with E-state index in [1.807, 2.05) is 24.3 Å². The van der Waals surface area contributed by atoms with E-state index in [1.54, 1.807) is 35.4 Å². The molecule has 1 aromatic heterocycles. The minimum atomic E-state index is -0.998. The highest BCUT2D eigenvalue weighted by molar-refractivity contribution is 6.30. The molecule has 0 saturated carbocycles. The van der Waals surface area contributed by atoms with Crippen molar-refractivity contribution in [1.82, 2.24) is 9.88 Å². The van der Waals surface area contributed by atoms with Crippen LogP contribution in [0.1, 0.15) is 67.7 Å². The molecule has 3 aliphatic heterocycles. The monoisotopic (exact) mass is 630 g/mol.